The van der Waals surface area contributed by atoms with Crippen molar-refractivity contribution in [2.45, 2.75) is 12.5 Å². The summed E-state index contributed by atoms with van der Waals surface area (Å²) in [6, 6.07) is 31.2. The van der Waals surface area contributed by atoms with Crippen molar-refractivity contribution in [1.29, 1.82) is 0 Å². The van der Waals surface area contributed by atoms with Gasteiger partial charge in [-0.05, 0) is 71.8 Å². The fraction of sp³-hybridized carbons (Fsp3) is 0.0968. The molecule has 0 aliphatic carbocycles. The van der Waals surface area contributed by atoms with Crippen LogP contribution in [0.5, 0.6) is 5.75 Å². The second-order valence-electron chi connectivity index (χ2n) is 9.24. The van der Waals surface area contributed by atoms with Gasteiger partial charge in [-0.25, -0.2) is 4.39 Å². The van der Waals surface area contributed by atoms with Gasteiger partial charge in [0.05, 0.1) is 12.8 Å². The molecule has 204 valence electrons. The predicted molar refractivity (Wildman–Crippen MR) is 157 cm³/mol. The van der Waals surface area contributed by atoms with Crippen molar-refractivity contribution >= 4 is 40.6 Å². The Bertz CT molecular complexity index is 1660. The molecule has 10 heteroatoms. The Morgan fingerprint density at radius 2 is 1.29 bits per heavy atom. The number of nitrogens with one attached hydrogen (secondary N) is 3. The molecule has 1 aromatic heterocycles. The zero-order valence-electron chi connectivity index (χ0n) is 22.1. The van der Waals surface area contributed by atoms with Crippen molar-refractivity contribution in [3.8, 4) is 5.75 Å². The van der Waals surface area contributed by atoms with Crippen LogP contribution in [0, 0.1) is 5.82 Å². The third-order valence-corrected chi connectivity index (χ3v) is 6.37. The molecule has 4 aromatic carbocycles. The number of benzene rings is 4. The van der Waals surface area contributed by atoms with E-state index < -0.39 is 0 Å². The topological polar surface area (TPSA) is 106 Å². The zero-order valence-corrected chi connectivity index (χ0v) is 22.1. The minimum Gasteiger partial charge on any atom is -0.497 e. The number of ether oxygens (including phenoxy) is 1. The third kappa shape index (κ3) is 6.39. The van der Waals surface area contributed by atoms with Crippen molar-refractivity contribution in [3.63, 3.8) is 0 Å². The van der Waals surface area contributed by atoms with Crippen LogP contribution in [-0.4, -0.2) is 27.8 Å². The Labute approximate surface area is 236 Å². The Morgan fingerprint density at radius 1 is 0.707 bits per heavy atom. The van der Waals surface area contributed by atoms with Gasteiger partial charge in [0.15, 0.2) is 6.10 Å². The van der Waals surface area contributed by atoms with Gasteiger partial charge in [0, 0.05) is 23.5 Å². The van der Waals surface area contributed by atoms with Crippen molar-refractivity contribution in [2.24, 2.45) is 5.16 Å². The SMILES string of the molecule is COc1cccc(C2CC(c3ccc(Nc4nc(Nc5ccccc5)nc(Nc5ccc(F)cc5)n4)cc3)=NO2)c1. The van der Waals surface area contributed by atoms with E-state index in [9.17, 15) is 4.39 Å². The molecule has 1 aliphatic rings. The van der Waals surface area contributed by atoms with Gasteiger partial charge < -0.3 is 25.5 Å². The zero-order chi connectivity index (χ0) is 28.0. The maximum atomic E-state index is 13.4. The molecular formula is C31H26FN7O2. The van der Waals surface area contributed by atoms with Gasteiger partial charge >= 0.3 is 0 Å². The number of para-hydroxylation sites is 1. The molecule has 0 saturated heterocycles. The van der Waals surface area contributed by atoms with E-state index >= 15 is 0 Å². The van der Waals surface area contributed by atoms with Gasteiger partial charge in [-0.3, -0.25) is 0 Å². The van der Waals surface area contributed by atoms with E-state index in [-0.39, 0.29) is 11.9 Å². The van der Waals surface area contributed by atoms with Crippen LogP contribution >= 0.6 is 0 Å². The van der Waals surface area contributed by atoms with E-state index in [1.54, 1.807) is 19.2 Å². The van der Waals surface area contributed by atoms with Crippen LogP contribution in [0.2, 0.25) is 0 Å². The Morgan fingerprint density at radius 3 is 1.90 bits per heavy atom. The summed E-state index contributed by atoms with van der Waals surface area (Å²) in [5.74, 6) is 1.43. The molecule has 1 aliphatic heterocycles. The molecule has 0 saturated carbocycles. The number of nitrogens with zero attached hydrogens (tertiary/aromatic N) is 4. The summed E-state index contributed by atoms with van der Waals surface area (Å²) < 4.78 is 18.7. The van der Waals surface area contributed by atoms with Gasteiger partial charge in [0.25, 0.3) is 0 Å². The molecule has 41 heavy (non-hydrogen) atoms. The Hall–Kier alpha value is -5.51. The van der Waals surface area contributed by atoms with Crippen LogP contribution in [-0.2, 0) is 4.84 Å². The lowest BCUT2D eigenvalue weighted by Crippen LogP contribution is -2.07. The molecule has 5 aromatic rings. The summed E-state index contributed by atoms with van der Waals surface area (Å²) in [4.78, 5) is 19.3. The lowest BCUT2D eigenvalue weighted by molar-refractivity contribution is 0.0856. The van der Waals surface area contributed by atoms with Crippen LogP contribution in [0.4, 0.5) is 39.3 Å². The summed E-state index contributed by atoms with van der Waals surface area (Å²) in [7, 11) is 1.65. The summed E-state index contributed by atoms with van der Waals surface area (Å²) in [5, 5.41) is 13.9. The monoisotopic (exact) mass is 547 g/mol. The smallest absolute Gasteiger partial charge is 0.233 e. The summed E-state index contributed by atoms with van der Waals surface area (Å²) >= 11 is 0. The number of methoxy groups -OCH3 is 1. The molecule has 1 atom stereocenters. The van der Waals surface area contributed by atoms with Crippen molar-refractivity contribution in [2.75, 3.05) is 23.1 Å². The number of aromatic nitrogens is 3. The Balaban J connectivity index is 1.18. The van der Waals surface area contributed by atoms with Gasteiger partial charge in [0.1, 0.15) is 11.6 Å². The van der Waals surface area contributed by atoms with Gasteiger partial charge in [-0.2, -0.15) is 15.0 Å². The predicted octanol–water partition coefficient (Wildman–Crippen LogP) is 7.12. The normalized spacial score (nSPS) is 14.1. The Kier molecular flexibility index (Phi) is 7.35. The minimum atomic E-state index is -0.325. The summed E-state index contributed by atoms with van der Waals surface area (Å²) in [6.45, 7) is 0. The molecule has 2 heterocycles. The van der Waals surface area contributed by atoms with Crippen LogP contribution in [0.15, 0.2) is 108 Å². The second kappa shape index (κ2) is 11.7. The molecule has 0 amide bonds. The highest BCUT2D eigenvalue weighted by molar-refractivity contribution is 6.01. The van der Waals surface area contributed by atoms with Crippen LogP contribution < -0.4 is 20.7 Å². The second-order valence-corrected chi connectivity index (χ2v) is 9.24. The molecule has 0 bridgehead atoms. The molecule has 0 radical (unpaired) electrons. The first-order valence-electron chi connectivity index (χ1n) is 13.0. The lowest BCUT2D eigenvalue weighted by atomic mass is 10.00. The summed E-state index contributed by atoms with van der Waals surface area (Å²) in [6.07, 6.45) is 0.492. The number of anilines is 6. The number of oxime groups is 1. The highest BCUT2D eigenvalue weighted by atomic mass is 19.1. The van der Waals surface area contributed by atoms with E-state index in [4.69, 9.17) is 9.57 Å². The van der Waals surface area contributed by atoms with Crippen molar-refractivity contribution < 1.29 is 14.0 Å². The van der Waals surface area contributed by atoms with Crippen LogP contribution in [0.3, 0.4) is 0 Å². The first-order valence-corrected chi connectivity index (χ1v) is 13.0. The largest absolute Gasteiger partial charge is 0.497 e. The van der Waals surface area contributed by atoms with E-state index in [2.05, 4.69) is 36.1 Å². The quantitative estimate of drug-likeness (QED) is 0.179. The molecule has 0 fully saturated rings. The fourth-order valence-corrected chi connectivity index (χ4v) is 4.30. The molecule has 6 rings (SSSR count). The average Bonchev–Trinajstić information content (AvgIpc) is 3.50. The van der Waals surface area contributed by atoms with Gasteiger partial charge in [-0.1, -0.05) is 47.6 Å². The standard InChI is InChI=1S/C31H26FN7O2/c1-40-26-9-5-6-21(18-26)28-19-27(39-41-28)20-10-14-24(15-11-20)34-30-36-29(33-23-7-3-2-4-8-23)37-31(38-30)35-25-16-12-22(32)13-17-25/h2-18,28H,19H2,1H3,(H3,33,34,35,36,37,38). The van der Waals surface area contributed by atoms with Gasteiger partial charge in [-0.15, -0.1) is 0 Å². The first kappa shape index (κ1) is 25.8. The van der Waals surface area contributed by atoms with E-state index in [0.717, 1.165) is 34.0 Å². The summed E-state index contributed by atoms with van der Waals surface area (Å²) in [5.41, 5.74) is 5.09. The number of hydrogen-bond acceptors (Lipinski definition) is 9. The molecule has 1 unspecified atom stereocenters. The van der Waals surface area contributed by atoms with Gasteiger partial charge in [0.2, 0.25) is 17.8 Å². The number of rotatable bonds is 9. The van der Waals surface area contributed by atoms with Crippen LogP contribution in [0.1, 0.15) is 23.7 Å². The highest BCUT2D eigenvalue weighted by Gasteiger charge is 2.24. The maximum Gasteiger partial charge on any atom is 0.233 e. The van der Waals surface area contributed by atoms with E-state index in [1.165, 1.54) is 12.1 Å². The molecule has 9 nitrogen and oxygen atoms in total. The molecule has 0 spiro atoms. The van der Waals surface area contributed by atoms with Crippen LogP contribution in [0.25, 0.3) is 0 Å². The first-order chi connectivity index (χ1) is 20.1. The fourth-order valence-electron chi connectivity index (χ4n) is 4.30. The molecular weight excluding hydrogens is 521 g/mol. The molecule has 3 N–H and O–H groups in total. The van der Waals surface area contributed by atoms with Crippen molar-refractivity contribution in [1.82, 2.24) is 15.0 Å². The average molecular weight is 548 g/mol. The third-order valence-electron chi connectivity index (χ3n) is 6.37. The lowest BCUT2D eigenvalue weighted by Gasteiger charge is -2.12. The van der Waals surface area contributed by atoms with E-state index in [0.29, 0.717) is 30.0 Å². The number of halogens is 1. The highest BCUT2D eigenvalue weighted by Crippen LogP contribution is 2.31. The van der Waals surface area contributed by atoms with E-state index in [1.807, 2.05) is 78.9 Å². The minimum absolute atomic E-state index is 0.161. The van der Waals surface area contributed by atoms with Crippen molar-refractivity contribution in [3.05, 3.63) is 120 Å². The number of hydrogen-bond donors (Lipinski definition) is 3. The maximum absolute atomic E-state index is 13.4.